The van der Waals surface area contributed by atoms with Crippen molar-refractivity contribution in [1.29, 1.82) is 0 Å². The zero-order valence-corrected chi connectivity index (χ0v) is 15.0. The summed E-state index contributed by atoms with van der Waals surface area (Å²) < 4.78 is 1.81. The molecule has 1 N–H and O–H groups in total. The summed E-state index contributed by atoms with van der Waals surface area (Å²) in [5, 5.41) is 18.7. The molecule has 27 heavy (non-hydrogen) atoms. The van der Waals surface area contributed by atoms with E-state index in [0.717, 1.165) is 28.8 Å². The number of hydrogen-bond acceptors (Lipinski definition) is 4. The zero-order valence-electron chi connectivity index (χ0n) is 15.0. The monoisotopic (exact) mass is 359 g/mol. The van der Waals surface area contributed by atoms with Crippen LogP contribution in [0.4, 0.5) is 0 Å². The van der Waals surface area contributed by atoms with Crippen molar-refractivity contribution in [2.75, 3.05) is 0 Å². The van der Waals surface area contributed by atoms with Crippen LogP contribution < -0.4 is 0 Å². The molecule has 5 heteroatoms. The van der Waals surface area contributed by atoms with Gasteiger partial charge in [-0.05, 0) is 17.5 Å². The Hall–Kier alpha value is -3.21. The molecule has 0 saturated heterocycles. The molecule has 0 radical (unpaired) electrons. The summed E-state index contributed by atoms with van der Waals surface area (Å²) in [5.74, 6) is 0.273. The maximum Gasteiger partial charge on any atom is 0.162 e. The van der Waals surface area contributed by atoms with Crippen LogP contribution in [0.5, 0.6) is 0 Å². The molecule has 0 saturated carbocycles. The van der Waals surface area contributed by atoms with Crippen molar-refractivity contribution in [3.05, 3.63) is 83.3 Å². The number of carbonyl (C=O) groups excluding carboxylic acids is 1. The Labute approximate surface area is 158 Å². The van der Waals surface area contributed by atoms with E-state index in [4.69, 9.17) is 0 Å². The normalized spacial score (nSPS) is 14.6. The summed E-state index contributed by atoms with van der Waals surface area (Å²) in [7, 11) is 0. The standard InChI is InChI=1S/C22H21N3O2/c26-21-11-6-12-22(27)19(21)13-17-9-4-5-10-18(17)20-15-25(24-23-20)14-16-7-2-1-3-8-16/h1-5,7-10,15,26H,6,11-14H2. The Kier molecular flexibility index (Phi) is 4.83. The molecule has 1 aliphatic carbocycles. The predicted octanol–water partition coefficient (Wildman–Crippen LogP) is 4.10. The summed E-state index contributed by atoms with van der Waals surface area (Å²) in [5.41, 5.74) is 4.37. The highest BCUT2D eigenvalue weighted by Gasteiger charge is 2.21. The van der Waals surface area contributed by atoms with Gasteiger partial charge in [0, 0.05) is 30.4 Å². The lowest BCUT2D eigenvalue weighted by molar-refractivity contribution is -0.116. The topological polar surface area (TPSA) is 68.0 Å². The number of aliphatic hydroxyl groups is 1. The van der Waals surface area contributed by atoms with Crippen molar-refractivity contribution >= 4 is 5.78 Å². The minimum atomic E-state index is 0.0429. The first-order valence-electron chi connectivity index (χ1n) is 9.17. The fourth-order valence-corrected chi connectivity index (χ4v) is 3.46. The number of Topliss-reactive ketones (excluding diaryl/α,β-unsaturated/α-hetero) is 1. The van der Waals surface area contributed by atoms with E-state index < -0.39 is 0 Å². The van der Waals surface area contributed by atoms with E-state index in [1.807, 2.05) is 53.3 Å². The van der Waals surface area contributed by atoms with Crippen molar-refractivity contribution in [1.82, 2.24) is 15.0 Å². The number of allylic oxidation sites excluding steroid dienone is 2. The van der Waals surface area contributed by atoms with Crippen LogP contribution in [0.1, 0.15) is 30.4 Å². The van der Waals surface area contributed by atoms with E-state index in [9.17, 15) is 9.90 Å². The highest BCUT2D eigenvalue weighted by Crippen LogP contribution is 2.28. The number of rotatable bonds is 5. The fraction of sp³-hybridized carbons (Fsp3) is 0.227. The van der Waals surface area contributed by atoms with Gasteiger partial charge in [0.25, 0.3) is 0 Å². The summed E-state index contributed by atoms with van der Waals surface area (Å²) in [6.45, 7) is 0.653. The smallest absolute Gasteiger partial charge is 0.162 e. The van der Waals surface area contributed by atoms with Crippen molar-refractivity contribution in [2.45, 2.75) is 32.2 Å². The van der Waals surface area contributed by atoms with E-state index in [-0.39, 0.29) is 11.5 Å². The summed E-state index contributed by atoms with van der Waals surface area (Å²) in [6.07, 6.45) is 4.16. The second-order valence-electron chi connectivity index (χ2n) is 6.82. The molecule has 0 bridgehead atoms. The van der Waals surface area contributed by atoms with Gasteiger partial charge in [-0.1, -0.05) is 59.8 Å². The van der Waals surface area contributed by atoms with Crippen molar-refractivity contribution in [3.8, 4) is 11.3 Å². The maximum atomic E-state index is 12.2. The second-order valence-corrected chi connectivity index (χ2v) is 6.82. The number of nitrogens with zero attached hydrogens (tertiary/aromatic N) is 3. The zero-order chi connectivity index (χ0) is 18.6. The Balaban J connectivity index is 1.61. The molecule has 0 aliphatic heterocycles. The summed E-state index contributed by atoms with van der Waals surface area (Å²) in [6, 6.07) is 18.0. The summed E-state index contributed by atoms with van der Waals surface area (Å²) >= 11 is 0. The quantitative estimate of drug-likeness (QED) is 0.745. The molecule has 0 unspecified atom stereocenters. The highest BCUT2D eigenvalue weighted by atomic mass is 16.3. The molecule has 0 spiro atoms. The van der Waals surface area contributed by atoms with Gasteiger partial charge in [0.15, 0.2) is 5.78 Å². The molecule has 1 heterocycles. The molecule has 3 aromatic rings. The predicted molar refractivity (Wildman–Crippen MR) is 103 cm³/mol. The molecule has 1 aromatic heterocycles. The molecule has 4 rings (SSSR count). The SMILES string of the molecule is O=C1CCCC(O)=C1Cc1ccccc1-c1cn(Cc2ccccc2)nn1. The van der Waals surface area contributed by atoms with E-state index in [1.54, 1.807) is 0 Å². The molecular weight excluding hydrogens is 338 g/mol. The Morgan fingerprint density at radius 1 is 1.00 bits per heavy atom. The number of benzene rings is 2. The molecular formula is C22H21N3O2. The fourth-order valence-electron chi connectivity index (χ4n) is 3.46. The largest absolute Gasteiger partial charge is 0.512 e. The van der Waals surface area contributed by atoms with E-state index >= 15 is 0 Å². The highest BCUT2D eigenvalue weighted by molar-refractivity contribution is 5.97. The minimum absolute atomic E-state index is 0.0429. The molecule has 2 aromatic carbocycles. The van der Waals surface area contributed by atoms with E-state index in [1.165, 1.54) is 0 Å². The van der Waals surface area contributed by atoms with E-state index in [2.05, 4.69) is 22.4 Å². The lowest BCUT2D eigenvalue weighted by Crippen LogP contribution is -2.14. The third kappa shape index (κ3) is 3.82. The minimum Gasteiger partial charge on any atom is -0.512 e. The van der Waals surface area contributed by atoms with Gasteiger partial charge < -0.3 is 5.11 Å². The molecule has 0 amide bonds. The Morgan fingerprint density at radius 3 is 2.59 bits per heavy atom. The number of ketones is 1. The van der Waals surface area contributed by atoms with Gasteiger partial charge in [0.05, 0.1) is 18.5 Å². The maximum absolute atomic E-state index is 12.2. The van der Waals surface area contributed by atoms with Crippen LogP contribution >= 0.6 is 0 Å². The first-order chi connectivity index (χ1) is 13.2. The molecule has 136 valence electrons. The average Bonchev–Trinajstić information content (AvgIpc) is 3.14. The Bertz CT molecular complexity index is 990. The number of aromatic nitrogens is 3. The average molecular weight is 359 g/mol. The second kappa shape index (κ2) is 7.58. The van der Waals surface area contributed by atoms with Crippen LogP contribution in [0.25, 0.3) is 11.3 Å². The molecule has 5 nitrogen and oxygen atoms in total. The van der Waals surface area contributed by atoms with E-state index in [0.29, 0.717) is 31.4 Å². The van der Waals surface area contributed by atoms with Gasteiger partial charge in [-0.15, -0.1) is 5.10 Å². The van der Waals surface area contributed by atoms with Gasteiger partial charge >= 0.3 is 0 Å². The van der Waals surface area contributed by atoms with Crippen molar-refractivity contribution in [2.24, 2.45) is 0 Å². The van der Waals surface area contributed by atoms with Crippen LogP contribution in [0.15, 0.2) is 72.1 Å². The molecule has 0 atom stereocenters. The van der Waals surface area contributed by atoms with Gasteiger partial charge in [-0.25, -0.2) is 4.68 Å². The van der Waals surface area contributed by atoms with Crippen molar-refractivity contribution < 1.29 is 9.90 Å². The van der Waals surface area contributed by atoms with Gasteiger partial charge in [0.1, 0.15) is 5.69 Å². The van der Waals surface area contributed by atoms with Gasteiger partial charge in [-0.3, -0.25) is 4.79 Å². The molecule has 0 fully saturated rings. The third-order valence-electron chi connectivity index (χ3n) is 4.89. The van der Waals surface area contributed by atoms with Crippen molar-refractivity contribution in [3.63, 3.8) is 0 Å². The number of carbonyl (C=O) groups is 1. The lowest BCUT2D eigenvalue weighted by Gasteiger charge is -2.16. The molecule has 1 aliphatic rings. The summed E-state index contributed by atoms with van der Waals surface area (Å²) in [4.78, 5) is 12.2. The van der Waals surface area contributed by atoms with Crippen LogP contribution in [0.3, 0.4) is 0 Å². The van der Waals surface area contributed by atoms with Crippen LogP contribution in [0.2, 0.25) is 0 Å². The van der Waals surface area contributed by atoms with Gasteiger partial charge in [-0.2, -0.15) is 0 Å². The number of hydrogen-bond donors (Lipinski definition) is 1. The Morgan fingerprint density at radius 2 is 1.78 bits per heavy atom. The van der Waals surface area contributed by atoms with Crippen LogP contribution in [-0.2, 0) is 17.8 Å². The van der Waals surface area contributed by atoms with Crippen LogP contribution in [-0.4, -0.2) is 25.9 Å². The van der Waals surface area contributed by atoms with Crippen LogP contribution in [0, 0.1) is 0 Å². The lowest BCUT2D eigenvalue weighted by atomic mass is 9.89. The number of aliphatic hydroxyl groups excluding tert-OH is 1. The first-order valence-corrected chi connectivity index (χ1v) is 9.17. The van der Waals surface area contributed by atoms with Gasteiger partial charge in [0.2, 0.25) is 0 Å². The third-order valence-corrected chi connectivity index (χ3v) is 4.89. The first kappa shape index (κ1) is 17.2.